The van der Waals surface area contributed by atoms with E-state index in [-0.39, 0.29) is 17.8 Å². The molecule has 6 nitrogen and oxygen atoms in total. The van der Waals surface area contributed by atoms with Gasteiger partial charge in [0.15, 0.2) is 0 Å². The van der Waals surface area contributed by atoms with Gasteiger partial charge in [0.1, 0.15) is 5.25 Å². The Labute approximate surface area is 115 Å². The van der Waals surface area contributed by atoms with Crippen molar-refractivity contribution in [3.63, 3.8) is 0 Å². The maximum Gasteiger partial charge on any atom is 0.338 e. The monoisotopic (exact) mass is 301 g/mol. The van der Waals surface area contributed by atoms with Gasteiger partial charge in [0.05, 0.1) is 11.3 Å². The van der Waals surface area contributed by atoms with E-state index in [2.05, 4.69) is 0 Å². The molecule has 1 N–H and O–H groups in total. The minimum absolute atomic E-state index is 0.0854. The summed E-state index contributed by atoms with van der Waals surface area (Å²) in [5, 5.41) is 7.74. The van der Waals surface area contributed by atoms with Gasteiger partial charge < -0.3 is 10.0 Å². The van der Waals surface area contributed by atoms with E-state index in [9.17, 15) is 27.0 Å². The van der Waals surface area contributed by atoms with Crippen molar-refractivity contribution in [1.29, 1.82) is 0 Å². The summed E-state index contributed by atoms with van der Waals surface area (Å²) in [6, 6.07) is 4.53. The lowest BCUT2D eigenvalue weighted by Gasteiger charge is -2.19. The van der Waals surface area contributed by atoms with Crippen molar-refractivity contribution in [1.82, 2.24) is 0 Å². The highest BCUT2D eigenvalue weighted by Gasteiger charge is 2.40. The van der Waals surface area contributed by atoms with Gasteiger partial charge in [0.2, 0.25) is 5.91 Å². The Bertz CT molecular complexity index is 685. The molecule has 2 rings (SSSR count). The fourth-order valence-corrected chi connectivity index (χ4v) is 2.92. The smallest absolute Gasteiger partial charge is 0.338 e. The third-order valence-corrected chi connectivity index (χ3v) is 4.36. The zero-order chi connectivity index (χ0) is 15.1. The van der Waals surface area contributed by atoms with E-state index in [1.54, 1.807) is 19.1 Å². The van der Waals surface area contributed by atoms with E-state index >= 15 is 0 Å². The summed E-state index contributed by atoms with van der Waals surface area (Å²) < 4.78 is 34.7. The molecule has 0 saturated carbocycles. The van der Waals surface area contributed by atoms with Crippen LogP contribution in [0.1, 0.15) is 22.3 Å². The van der Waals surface area contributed by atoms with Crippen LogP contribution in [0, 0.1) is 6.92 Å². The molecule has 108 valence electrons. The minimum Gasteiger partial charge on any atom is -0.478 e. The van der Waals surface area contributed by atoms with Gasteiger partial charge in [-0.3, -0.25) is 4.79 Å². The molecule has 1 heterocycles. The molecule has 0 spiro atoms. The molecule has 20 heavy (non-hydrogen) atoms. The maximum atomic E-state index is 13.0. The molecule has 1 atom stereocenters. The fourth-order valence-electron chi connectivity index (χ4n) is 2.25. The van der Waals surface area contributed by atoms with E-state index in [1.165, 1.54) is 6.07 Å². The Kier molecular flexibility index (Phi) is 3.51. The molecule has 1 amide bonds. The largest absolute Gasteiger partial charge is 0.478 e. The highest BCUT2D eigenvalue weighted by Crippen LogP contribution is 2.30. The average molecular weight is 301 g/mol. The molecule has 0 bridgehead atoms. The zero-order valence-electron chi connectivity index (χ0n) is 10.5. The van der Waals surface area contributed by atoms with Crippen molar-refractivity contribution >= 4 is 27.8 Å². The molecular formula is C12H12FNO5S. The van der Waals surface area contributed by atoms with Crippen LogP contribution in [0.15, 0.2) is 18.2 Å². The second-order valence-electron chi connectivity index (χ2n) is 4.58. The van der Waals surface area contributed by atoms with Crippen LogP contribution in [-0.4, -0.2) is 37.2 Å². The fraction of sp³-hybridized carbons (Fsp3) is 0.333. The topological polar surface area (TPSA) is 91.8 Å². The van der Waals surface area contributed by atoms with Crippen LogP contribution >= 0.6 is 0 Å². The van der Waals surface area contributed by atoms with E-state index in [4.69, 9.17) is 0 Å². The first-order chi connectivity index (χ1) is 9.21. The van der Waals surface area contributed by atoms with Gasteiger partial charge in [0.25, 0.3) is 0 Å². The number of benzene rings is 1. The zero-order valence-corrected chi connectivity index (χ0v) is 11.4. The summed E-state index contributed by atoms with van der Waals surface area (Å²) in [4.78, 5) is 24.1. The van der Waals surface area contributed by atoms with Crippen LogP contribution < -0.4 is 4.90 Å². The van der Waals surface area contributed by atoms with Crippen molar-refractivity contribution in [3.8, 4) is 0 Å². The molecule has 1 aromatic rings. The molecular weight excluding hydrogens is 289 g/mol. The summed E-state index contributed by atoms with van der Waals surface area (Å²) in [5.41, 5.74) is 0.445. The van der Waals surface area contributed by atoms with Crippen molar-refractivity contribution in [3.05, 3.63) is 29.3 Å². The number of rotatable bonds is 3. The number of hydrogen-bond donors (Lipinski definition) is 1. The maximum absolute atomic E-state index is 13.0. The Balaban J connectivity index is 2.46. The lowest BCUT2D eigenvalue weighted by molar-refractivity contribution is -0.117. The summed E-state index contributed by atoms with van der Waals surface area (Å²) in [6.45, 7) is 1.19. The summed E-state index contributed by atoms with van der Waals surface area (Å²) in [7, 11) is -4.83. The number of anilines is 1. The number of amides is 1. The number of carbonyl (C=O) groups excluding carboxylic acids is 1. The molecule has 0 aromatic heterocycles. The van der Waals surface area contributed by atoms with Crippen LogP contribution in [0.3, 0.4) is 0 Å². The number of carbonyl (C=O) groups is 2. The molecule has 1 aromatic carbocycles. The quantitative estimate of drug-likeness (QED) is 0.844. The highest BCUT2D eigenvalue weighted by molar-refractivity contribution is 7.87. The van der Waals surface area contributed by atoms with Gasteiger partial charge in [-0.1, -0.05) is 12.1 Å². The molecule has 1 aliphatic rings. The standard InChI is InChI=1S/C12H12FNO5S/c1-7-3-2-4-9(11(7)12(16)17)14-6-8(5-10(14)15)20(13,18)19/h2-4,8H,5-6H2,1H3,(H,16,17). The lowest BCUT2D eigenvalue weighted by Crippen LogP contribution is -2.28. The van der Waals surface area contributed by atoms with Gasteiger partial charge in [-0.15, -0.1) is 3.89 Å². The van der Waals surface area contributed by atoms with Crippen LogP contribution in [0.2, 0.25) is 0 Å². The average Bonchev–Trinajstić information content (AvgIpc) is 2.70. The molecule has 1 fully saturated rings. The van der Waals surface area contributed by atoms with E-state index in [0.29, 0.717) is 5.56 Å². The number of nitrogens with zero attached hydrogens (tertiary/aromatic N) is 1. The van der Waals surface area contributed by atoms with E-state index < -0.39 is 33.8 Å². The number of carboxylic acids is 1. The molecule has 1 unspecified atom stereocenters. The van der Waals surface area contributed by atoms with E-state index in [1.807, 2.05) is 0 Å². The lowest BCUT2D eigenvalue weighted by atomic mass is 10.1. The molecule has 0 aliphatic carbocycles. The first-order valence-electron chi connectivity index (χ1n) is 5.78. The van der Waals surface area contributed by atoms with Gasteiger partial charge in [0, 0.05) is 13.0 Å². The first-order valence-corrected chi connectivity index (χ1v) is 7.23. The van der Waals surface area contributed by atoms with Crippen molar-refractivity contribution in [2.45, 2.75) is 18.6 Å². The van der Waals surface area contributed by atoms with Gasteiger partial charge >= 0.3 is 16.2 Å². The minimum atomic E-state index is -4.83. The van der Waals surface area contributed by atoms with Gasteiger partial charge in [-0.25, -0.2) is 4.79 Å². The van der Waals surface area contributed by atoms with Gasteiger partial charge in [-0.05, 0) is 18.6 Å². The van der Waals surface area contributed by atoms with Gasteiger partial charge in [-0.2, -0.15) is 8.42 Å². The number of aromatic carboxylic acids is 1. The molecule has 0 radical (unpaired) electrons. The second kappa shape index (κ2) is 4.86. The second-order valence-corrected chi connectivity index (χ2v) is 6.20. The Morgan fingerprint density at radius 1 is 1.45 bits per heavy atom. The normalized spacial score (nSPS) is 19.4. The Morgan fingerprint density at radius 2 is 2.10 bits per heavy atom. The summed E-state index contributed by atoms with van der Waals surface area (Å²) in [6.07, 6.45) is -0.480. The van der Waals surface area contributed by atoms with Crippen molar-refractivity contribution in [2.24, 2.45) is 0 Å². The number of carboxylic acid groups (broad SMARTS) is 1. The number of halogens is 1. The first kappa shape index (κ1) is 14.4. The summed E-state index contributed by atoms with van der Waals surface area (Å²) >= 11 is 0. The van der Waals surface area contributed by atoms with Crippen LogP contribution in [0.25, 0.3) is 0 Å². The Morgan fingerprint density at radius 3 is 2.60 bits per heavy atom. The predicted octanol–water partition coefficient (Wildman–Crippen LogP) is 1.10. The summed E-state index contributed by atoms with van der Waals surface area (Å²) in [5.74, 6) is -1.83. The number of hydrogen-bond acceptors (Lipinski definition) is 4. The van der Waals surface area contributed by atoms with Crippen LogP contribution in [-0.2, 0) is 15.0 Å². The molecule has 1 aliphatic heterocycles. The highest BCUT2D eigenvalue weighted by atomic mass is 32.3. The van der Waals surface area contributed by atoms with Crippen LogP contribution in [0.5, 0.6) is 0 Å². The van der Waals surface area contributed by atoms with E-state index in [0.717, 1.165) is 4.90 Å². The predicted molar refractivity (Wildman–Crippen MR) is 68.9 cm³/mol. The third-order valence-electron chi connectivity index (χ3n) is 3.24. The third kappa shape index (κ3) is 2.51. The molecule has 1 saturated heterocycles. The number of aryl methyl sites for hydroxylation is 1. The van der Waals surface area contributed by atoms with Crippen molar-refractivity contribution < 1.29 is 27.0 Å². The SMILES string of the molecule is Cc1cccc(N2CC(S(=O)(=O)F)CC2=O)c1C(=O)O. The Hall–Kier alpha value is -1.96. The van der Waals surface area contributed by atoms with Crippen LogP contribution in [0.4, 0.5) is 9.57 Å². The molecule has 8 heteroatoms. The van der Waals surface area contributed by atoms with Crippen molar-refractivity contribution in [2.75, 3.05) is 11.4 Å².